The Labute approximate surface area is 114 Å². The van der Waals surface area contributed by atoms with Gasteiger partial charge in [0.1, 0.15) is 0 Å². The number of aryl methyl sites for hydroxylation is 2. The fourth-order valence-corrected chi connectivity index (χ4v) is 2.54. The lowest BCUT2D eigenvalue weighted by Gasteiger charge is -2.21. The summed E-state index contributed by atoms with van der Waals surface area (Å²) in [7, 11) is 1.99. The fraction of sp³-hybridized carbons (Fsp3) is 0.250. The van der Waals surface area contributed by atoms with Crippen molar-refractivity contribution in [2.24, 2.45) is 0 Å². The van der Waals surface area contributed by atoms with Crippen LogP contribution < -0.4 is 5.32 Å². The first-order valence-electron chi connectivity index (χ1n) is 6.12. The van der Waals surface area contributed by atoms with Crippen LogP contribution >= 0.6 is 11.6 Å². The van der Waals surface area contributed by atoms with E-state index in [1.807, 2.05) is 19.2 Å². The van der Waals surface area contributed by atoms with E-state index in [4.69, 9.17) is 11.6 Å². The van der Waals surface area contributed by atoms with Crippen molar-refractivity contribution >= 4 is 11.6 Å². The second-order valence-electron chi connectivity index (χ2n) is 4.58. The van der Waals surface area contributed by atoms with Gasteiger partial charge in [0.05, 0.1) is 6.04 Å². The van der Waals surface area contributed by atoms with Gasteiger partial charge in [-0.3, -0.25) is 0 Å². The maximum Gasteiger partial charge on any atom is 0.0579 e. The minimum Gasteiger partial charge on any atom is -0.309 e. The Hall–Kier alpha value is -1.31. The molecule has 2 aromatic rings. The fourth-order valence-electron chi connectivity index (χ4n) is 2.42. The van der Waals surface area contributed by atoms with E-state index >= 15 is 0 Å². The molecular weight excluding hydrogens is 242 g/mol. The number of hydrogen-bond donors (Lipinski definition) is 1. The van der Waals surface area contributed by atoms with Gasteiger partial charge in [0.2, 0.25) is 0 Å². The minimum absolute atomic E-state index is 0.212. The Morgan fingerprint density at radius 1 is 0.944 bits per heavy atom. The van der Waals surface area contributed by atoms with Crippen molar-refractivity contribution in [2.75, 3.05) is 7.05 Å². The molecule has 2 aromatic carbocycles. The number of halogens is 1. The van der Waals surface area contributed by atoms with Gasteiger partial charge in [-0.15, -0.1) is 0 Å². The molecule has 94 valence electrons. The van der Waals surface area contributed by atoms with Crippen LogP contribution in [0.15, 0.2) is 42.5 Å². The average Bonchev–Trinajstić information content (AvgIpc) is 2.35. The van der Waals surface area contributed by atoms with E-state index in [9.17, 15) is 0 Å². The summed E-state index contributed by atoms with van der Waals surface area (Å²) < 4.78 is 0. The summed E-state index contributed by atoms with van der Waals surface area (Å²) in [6, 6.07) is 14.7. The molecule has 0 saturated heterocycles. The van der Waals surface area contributed by atoms with E-state index in [1.165, 1.54) is 22.3 Å². The van der Waals surface area contributed by atoms with Gasteiger partial charge in [-0.05, 0) is 55.3 Å². The lowest BCUT2D eigenvalue weighted by molar-refractivity contribution is 0.683. The maximum atomic E-state index is 5.95. The van der Waals surface area contributed by atoms with Crippen molar-refractivity contribution in [3.8, 4) is 0 Å². The van der Waals surface area contributed by atoms with E-state index in [-0.39, 0.29) is 6.04 Å². The topological polar surface area (TPSA) is 12.0 Å². The van der Waals surface area contributed by atoms with Crippen molar-refractivity contribution in [3.63, 3.8) is 0 Å². The van der Waals surface area contributed by atoms with Crippen LogP contribution in [-0.2, 0) is 0 Å². The van der Waals surface area contributed by atoms with Crippen molar-refractivity contribution in [1.29, 1.82) is 0 Å². The van der Waals surface area contributed by atoms with Crippen molar-refractivity contribution in [2.45, 2.75) is 19.9 Å². The van der Waals surface area contributed by atoms with Crippen molar-refractivity contribution in [1.82, 2.24) is 5.32 Å². The summed E-state index contributed by atoms with van der Waals surface area (Å²) in [6.07, 6.45) is 0. The van der Waals surface area contributed by atoms with Gasteiger partial charge in [-0.25, -0.2) is 0 Å². The zero-order chi connectivity index (χ0) is 13.1. The molecular formula is C16H18ClN. The van der Waals surface area contributed by atoms with Gasteiger partial charge in [0.25, 0.3) is 0 Å². The molecule has 0 aliphatic rings. The molecule has 1 atom stereocenters. The lowest BCUT2D eigenvalue weighted by atomic mass is 9.91. The molecule has 1 unspecified atom stereocenters. The molecule has 0 radical (unpaired) electrons. The number of rotatable bonds is 3. The Morgan fingerprint density at radius 2 is 1.50 bits per heavy atom. The molecule has 18 heavy (non-hydrogen) atoms. The van der Waals surface area contributed by atoms with Crippen LogP contribution in [0.3, 0.4) is 0 Å². The summed E-state index contributed by atoms with van der Waals surface area (Å²) in [4.78, 5) is 0. The smallest absolute Gasteiger partial charge is 0.0579 e. The highest BCUT2D eigenvalue weighted by molar-refractivity contribution is 6.30. The van der Waals surface area contributed by atoms with Gasteiger partial charge in [0, 0.05) is 5.02 Å². The van der Waals surface area contributed by atoms with Gasteiger partial charge in [-0.1, -0.05) is 41.9 Å². The third kappa shape index (κ3) is 2.58. The Balaban J connectivity index is 2.48. The van der Waals surface area contributed by atoms with Gasteiger partial charge >= 0.3 is 0 Å². The third-order valence-corrected chi connectivity index (χ3v) is 3.57. The van der Waals surface area contributed by atoms with Crippen LogP contribution in [0.1, 0.15) is 28.3 Å². The summed E-state index contributed by atoms with van der Waals surface area (Å²) in [6.45, 7) is 4.31. The Morgan fingerprint density at radius 3 is 2.00 bits per heavy atom. The van der Waals surface area contributed by atoms with E-state index in [1.54, 1.807) is 0 Å². The lowest BCUT2D eigenvalue weighted by Crippen LogP contribution is -2.19. The van der Waals surface area contributed by atoms with Gasteiger partial charge < -0.3 is 5.32 Å². The first kappa shape index (κ1) is 13.1. The molecule has 1 nitrogen and oxygen atoms in total. The summed E-state index contributed by atoms with van der Waals surface area (Å²) in [5.41, 5.74) is 5.20. The summed E-state index contributed by atoms with van der Waals surface area (Å²) in [5, 5.41) is 4.17. The van der Waals surface area contributed by atoms with Crippen molar-refractivity contribution in [3.05, 3.63) is 69.7 Å². The monoisotopic (exact) mass is 259 g/mol. The van der Waals surface area contributed by atoms with Crippen LogP contribution in [0, 0.1) is 13.8 Å². The van der Waals surface area contributed by atoms with E-state index in [0.717, 1.165) is 5.02 Å². The SMILES string of the molecule is CNC(c1ccc(Cl)cc1)c1c(C)cccc1C. The van der Waals surface area contributed by atoms with E-state index in [0.29, 0.717) is 0 Å². The van der Waals surface area contributed by atoms with E-state index in [2.05, 4.69) is 49.5 Å². The Kier molecular flexibility index (Phi) is 4.05. The average molecular weight is 260 g/mol. The quantitative estimate of drug-likeness (QED) is 0.868. The summed E-state index contributed by atoms with van der Waals surface area (Å²) >= 11 is 5.95. The third-order valence-electron chi connectivity index (χ3n) is 3.32. The predicted octanol–water partition coefficient (Wildman–Crippen LogP) is 4.27. The highest BCUT2D eigenvalue weighted by Gasteiger charge is 2.15. The molecule has 0 saturated carbocycles. The van der Waals surface area contributed by atoms with Crippen LogP contribution in [0.5, 0.6) is 0 Å². The van der Waals surface area contributed by atoms with E-state index < -0.39 is 0 Å². The molecule has 0 aliphatic heterocycles. The number of nitrogens with one attached hydrogen (secondary N) is 1. The maximum absolute atomic E-state index is 5.95. The van der Waals surface area contributed by atoms with Crippen LogP contribution in [0.4, 0.5) is 0 Å². The van der Waals surface area contributed by atoms with Gasteiger partial charge in [-0.2, -0.15) is 0 Å². The predicted molar refractivity (Wildman–Crippen MR) is 78.3 cm³/mol. The first-order valence-corrected chi connectivity index (χ1v) is 6.50. The number of benzene rings is 2. The zero-order valence-corrected chi connectivity index (χ0v) is 11.8. The second kappa shape index (κ2) is 5.55. The molecule has 0 spiro atoms. The van der Waals surface area contributed by atoms with Crippen LogP contribution in [-0.4, -0.2) is 7.05 Å². The molecule has 0 aromatic heterocycles. The molecule has 2 rings (SSSR count). The molecule has 0 fully saturated rings. The normalized spacial score (nSPS) is 12.4. The highest BCUT2D eigenvalue weighted by atomic mass is 35.5. The Bertz CT molecular complexity index is 511. The van der Waals surface area contributed by atoms with Crippen LogP contribution in [0.25, 0.3) is 0 Å². The molecule has 0 aliphatic carbocycles. The zero-order valence-electron chi connectivity index (χ0n) is 11.0. The molecule has 2 heteroatoms. The standard InChI is InChI=1S/C16H18ClN/c1-11-5-4-6-12(2)15(11)16(18-3)13-7-9-14(17)10-8-13/h4-10,16,18H,1-3H3. The first-order chi connectivity index (χ1) is 8.63. The summed E-state index contributed by atoms with van der Waals surface area (Å²) in [5.74, 6) is 0. The highest BCUT2D eigenvalue weighted by Crippen LogP contribution is 2.28. The van der Waals surface area contributed by atoms with Gasteiger partial charge in [0.15, 0.2) is 0 Å². The van der Waals surface area contributed by atoms with Crippen molar-refractivity contribution < 1.29 is 0 Å². The largest absolute Gasteiger partial charge is 0.309 e. The minimum atomic E-state index is 0.212. The van der Waals surface area contributed by atoms with Crippen LogP contribution in [0.2, 0.25) is 5.02 Å². The molecule has 0 bridgehead atoms. The second-order valence-corrected chi connectivity index (χ2v) is 5.02. The molecule has 0 heterocycles. The molecule has 0 amide bonds. The number of hydrogen-bond acceptors (Lipinski definition) is 1. The molecule has 1 N–H and O–H groups in total.